The van der Waals surface area contributed by atoms with E-state index in [2.05, 4.69) is 30.3 Å². The molecule has 0 saturated carbocycles. The highest BCUT2D eigenvalue weighted by molar-refractivity contribution is 4.98. The molecule has 2 atom stereocenters. The largest absolute Gasteiger partial charge is 0.469 e. The summed E-state index contributed by atoms with van der Waals surface area (Å²) in [5, 5.41) is 3.64. The summed E-state index contributed by atoms with van der Waals surface area (Å²) in [5.41, 5.74) is 0. The lowest BCUT2D eigenvalue weighted by atomic mass is 10.00. The molecular weight excluding hydrogens is 236 g/mol. The number of aryl methyl sites for hydroxylation is 1. The Labute approximate surface area is 117 Å². The van der Waals surface area contributed by atoms with Crippen molar-refractivity contribution in [1.29, 1.82) is 0 Å². The maximum Gasteiger partial charge on any atom is 0.103 e. The van der Waals surface area contributed by atoms with E-state index < -0.39 is 0 Å². The van der Waals surface area contributed by atoms with Crippen LogP contribution in [0, 0.1) is 0 Å². The van der Waals surface area contributed by atoms with Gasteiger partial charge in [-0.25, -0.2) is 0 Å². The molecule has 0 amide bonds. The molecule has 0 spiro atoms. The molecule has 0 radical (unpaired) electrons. The van der Waals surface area contributed by atoms with Crippen molar-refractivity contribution in [1.82, 2.24) is 10.2 Å². The van der Waals surface area contributed by atoms with E-state index in [0.29, 0.717) is 6.04 Å². The van der Waals surface area contributed by atoms with Crippen LogP contribution in [0.25, 0.3) is 0 Å². The minimum absolute atomic E-state index is 0.569. The molecule has 2 unspecified atom stereocenters. The van der Waals surface area contributed by atoms with Crippen molar-refractivity contribution in [3.05, 3.63) is 24.2 Å². The monoisotopic (exact) mass is 264 g/mol. The fraction of sp³-hybridized carbons (Fsp3) is 0.750. The molecule has 0 aromatic carbocycles. The topological polar surface area (TPSA) is 28.4 Å². The average molecular weight is 264 g/mol. The molecule has 1 aliphatic heterocycles. The number of rotatable bonds is 7. The molecule has 3 nitrogen and oxygen atoms in total. The quantitative estimate of drug-likeness (QED) is 0.820. The SMILES string of the molecule is CC(CCc1ccco1)NCCC1CCCCN1C. The summed E-state index contributed by atoms with van der Waals surface area (Å²) in [4.78, 5) is 2.53. The summed E-state index contributed by atoms with van der Waals surface area (Å²) in [5.74, 6) is 1.10. The van der Waals surface area contributed by atoms with Gasteiger partial charge in [-0.15, -0.1) is 0 Å². The van der Waals surface area contributed by atoms with Crippen LogP contribution < -0.4 is 5.32 Å². The van der Waals surface area contributed by atoms with Gasteiger partial charge in [0.05, 0.1) is 6.26 Å². The van der Waals surface area contributed by atoms with Crippen LogP contribution in [0.5, 0.6) is 0 Å². The summed E-state index contributed by atoms with van der Waals surface area (Å²) < 4.78 is 5.36. The molecular formula is C16H28N2O. The Kier molecular flexibility index (Phi) is 5.93. The first-order chi connectivity index (χ1) is 9.25. The summed E-state index contributed by atoms with van der Waals surface area (Å²) in [6.45, 7) is 4.68. The third kappa shape index (κ3) is 5.00. The second kappa shape index (κ2) is 7.71. The van der Waals surface area contributed by atoms with Crippen molar-refractivity contribution in [2.75, 3.05) is 20.1 Å². The van der Waals surface area contributed by atoms with E-state index in [9.17, 15) is 0 Å². The smallest absolute Gasteiger partial charge is 0.103 e. The summed E-state index contributed by atoms with van der Waals surface area (Å²) in [7, 11) is 2.27. The van der Waals surface area contributed by atoms with Crippen LogP contribution >= 0.6 is 0 Å². The molecule has 1 fully saturated rings. The molecule has 1 N–H and O–H groups in total. The Bertz CT molecular complexity index is 337. The lowest BCUT2D eigenvalue weighted by Crippen LogP contribution is -2.39. The zero-order chi connectivity index (χ0) is 13.5. The summed E-state index contributed by atoms with van der Waals surface area (Å²) >= 11 is 0. The normalized spacial score (nSPS) is 22.5. The van der Waals surface area contributed by atoms with E-state index in [4.69, 9.17) is 4.42 Å². The predicted molar refractivity (Wildman–Crippen MR) is 79.4 cm³/mol. The van der Waals surface area contributed by atoms with Gasteiger partial charge in [0, 0.05) is 18.5 Å². The highest BCUT2D eigenvalue weighted by atomic mass is 16.3. The average Bonchev–Trinajstić information content (AvgIpc) is 2.92. The molecule has 19 heavy (non-hydrogen) atoms. The lowest BCUT2D eigenvalue weighted by Gasteiger charge is -2.32. The first-order valence-corrected chi connectivity index (χ1v) is 7.71. The van der Waals surface area contributed by atoms with E-state index in [-0.39, 0.29) is 0 Å². The third-order valence-electron chi connectivity index (χ3n) is 4.30. The first-order valence-electron chi connectivity index (χ1n) is 7.71. The predicted octanol–water partition coefficient (Wildman–Crippen LogP) is 3.06. The zero-order valence-corrected chi connectivity index (χ0v) is 12.4. The van der Waals surface area contributed by atoms with Crippen LogP contribution in [0.1, 0.15) is 44.8 Å². The van der Waals surface area contributed by atoms with Gasteiger partial charge in [-0.2, -0.15) is 0 Å². The Morgan fingerprint density at radius 1 is 1.47 bits per heavy atom. The number of nitrogens with one attached hydrogen (secondary N) is 1. The second-order valence-electron chi connectivity index (χ2n) is 5.89. The van der Waals surface area contributed by atoms with Gasteiger partial charge in [0.1, 0.15) is 5.76 Å². The first kappa shape index (κ1) is 14.6. The number of piperidine rings is 1. The fourth-order valence-electron chi connectivity index (χ4n) is 2.92. The minimum atomic E-state index is 0.569. The minimum Gasteiger partial charge on any atom is -0.469 e. The Morgan fingerprint density at radius 3 is 3.11 bits per heavy atom. The van der Waals surface area contributed by atoms with E-state index in [1.165, 1.54) is 32.2 Å². The van der Waals surface area contributed by atoms with Crippen molar-refractivity contribution in [3.8, 4) is 0 Å². The Balaban J connectivity index is 1.57. The molecule has 108 valence electrons. The van der Waals surface area contributed by atoms with E-state index in [0.717, 1.165) is 31.2 Å². The van der Waals surface area contributed by atoms with Crippen LogP contribution in [-0.2, 0) is 6.42 Å². The van der Waals surface area contributed by atoms with Crippen molar-refractivity contribution < 1.29 is 4.42 Å². The number of likely N-dealkylation sites (tertiary alicyclic amines) is 1. The molecule has 2 rings (SSSR count). The molecule has 1 aromatic heterocycles. The lowest BCUT2D eigenvalue weighted by molar-refractivity contribution is 0.174. The van der Waals surface area contributed by atoms with Gasteiger partial charge in [-0.1, -0.05) is 6.42 Å². The molecule has 3 heteroatoms. The fourth-order valence-corrected chi connectivity index (χ4v) is 2.92. The number of hydrogen-bond acceptors (Lipinski definition) is 3. The van der Waals surface area contributed by atoms with Gasteiger partial charge in [-0.05, 0) is 64.9 Å². The standard InChI is InChI=1S/C16H28N2O/c1-14(8-9-16-7-5-13-19-16)17-11-10-15-6-3-4-12-18(15)2/h5,7,13-15,17H,3-4,6,8-12H2,1-2H3. The van der Waals surface area contributed by atoms with E-state index >= 15 is 0 Å². The second-order valence-corrected chi connectivity index (χ2v) is 5.89. The van der Waals surface area contributed by atoms with Crippen LogP contribution in [0.2, 0.25) is 0 Å². The van der Waals surface area contributed by atoms with Crippen molar-refractivity contribution in [2.24, 2.45) is 0 Å². The van der Waals surface area contributed by atoms with Gasteiger partial charge in [-0.3, -0.25) is 0 Å². The maximum absolute atomic E-state index is 5.36. The number of hydrogen-bond donors (Lipinski definition) is 1. The molecule has 0 bridgehead atoms. The maximum atomic E-state index is 5.36. The molecule has 1 aliphatic rings. The van der Waals surface area contributed by atoms with Gasteiger partial charge in [0.2, 0.25) is 0 Å². The highest BCUT2D eigenvalue weighted by Gasteiger charge is 2.18. The highest BCUT2D eigenvalue weighted by Crippen LogP contribution is 2.17. The number of furan rings is 1. The van der Waals surface area contributed by atoms with Crippen LogP contribution in [0.4, 0.5) is 0 Å². The van der Waals surface area contributed by atoms with Gasteiger partial charge in [0.15, 0.2) is 0 Å². The van der Waals surface area contributed by atoms with Crippen LogP contribution in [0.3, 0.4) is 0 Å². The molecule has 1 aromatic rings. The Morgan fingerprint density at radius 2 is 2.37 bits per heavy atom. The molecule has 0 aliphatic carbocycles. The summed E-state index contributed by atoms with van der Waals surface area (Å²) in [6, 6.07) is 5.38. The number of nitrogens with zero attached hydrogens (tertiary/aromatic N) is 1. The third-order valence-corrected chi connectivity index (χ3v) is 4.30. The van der Waals surface area contributed by atoms with Gasteiger partial charge < -0.3 is 14.6 Å². The molecule has 2 heterocycles. The van der Waals surface area contributed by atoms with Crippen LogP contribution in [0.15, 0.2) is 22.8 Å². The zero-order valence-electron chi connectivity index (χ0n) is 12.4. The van der Waals surface area contributed by atoms with E-state index in [1.54, 1.807) is 6.26 Å². The van der Waals surface area contributed by atoms with Crippen molar-refractivity contribution >= 4 is 0 Å². The van der Waals surface area contributed by atoms with Crippen LogP contribution in [-0.4, -0.2) is 37.1 Å². The van der Waals surface area contributed by atoms with Crippen molar-refractivity contribution in [3.63, 3.8) is 0 Å². The van der Waals surface area contributed by atoms with Crippen molar-refractivity contribution in [2.45, 2.75) is 57.5 Å². The Hall–Kier alpha value is -0.800. The van der Waals surface area contributed by atoms with Gasteiger partial charge >= 0.3 is 0 Å². The van der Waals surface area contributed by atoms with E-state index in [1.807, 2.05) is 6.07 Å². The summed E-state index contributed by atoms with van der Waals surface area (Å²) in [6.07, 6.45) is 9.37. The molecule has 1 saturated heterocycles. The van der Waals surface area contributed by atoms with Gasteiger partial charge in [0.25, 0.3) is 0 Å².